The highest BCUT2D eigenvalue weighted by Crippen LogP contribution is 2.94. The van der Waals surface area contributed by atoms with Gasteiger partial charge in [-0.1, -0.05) is 51.0 Å². The Morgan fingerprint density at radius 2 is 1.44 bits per heavy atom. The molecule has 2 saturated carbocycles. The van der Waals surface area contributed by atoms with Crippen molar-refractivity contribution in [3.8, 4) is 0 Å². The predicted molar refractivity (Wildman–Crippen MR) is 113 cm³/mol. The van der Waals surface area contributed by atoms with E-state index in [0.29, 0.717) is 5.16 Å². The number of hydrogen-bond donors (Lipinski definition) is 0. The Kier molecular flexibility index (Phi) is 4.06. The summed E-state index contributed by atoms with van der Waals surface area (Å²) in [4.78, 5) is 0. The van der Waals surface area contributed by atoms with Gasteiger partial charge in [0.25, 0.3) is 0 Å². The highest BCUT2D eigenvalue weighted by atomic mass is 31.2. The zero-order valence-corrected chi connectivity index (χ0v) is 17.8. The van der Waals surface area contributed by atoms with Crippen LogP contribution in [0.2, 0.25) is 0 Å². The van der Waals surface area contributed by atoms with Gasteiger partial charge in [-0.15, -0.1) is 5.06 Å². The van der Waals surface area contributed by atoms with Gasteiger partial charge in [0.1, 0.15) is 5.16 Å². The third-order valence-corrected chi connectivity index (χ3v) is 15.4. The van der Waals surface area contributed by atoms with Gasteiger partial charge in [-0.2, -0.15) is 0 Å². The lowest BCUT2D eigenvalue weighted by atomic mass is 9.61. The molecular formula is C23H35BP. The molecule has 2 fully saturated rings. The van der Waals surface area contributed by atoms with E-state index in [-0.39, 0.29) is 10.2 Å². The lowest BCUT2D eigenvalue weighted by Crippen LogP contribution is -2.56. The smallest absolute Gasteiger partial charge is 0.108 e. The van der Waals surface area contributed by atoms with Gasteiger partial charge in [-0.25, -0.2) is 0 Å². The molecule has 1 aliphatic heterocycles. The summed E-state index contributed by atoms with van der Waals surface area (Å²) in [6.45, 7) is 12.3. The lowest BCUT2D eigenvalue weighted by molar-refractivity contribution is 0.114. The monoisotopic (exact) mass is 353 g/mol. The summed E-state index contributed by atoms with van der Waals surface area (Å²) in [6, 6.07) is 9.50. The van der Waals surface area contributed by atoms with E-state index in [2.05, 4.69) is 58.9 Å². The third-order valence-electron chi connectivity index (χ3n) is 8.07. The number of rotatable bonds is 1. The van der Waals surface area contributed by atoms with Crippen molar-refractivity contribution in [2.24, 2.45) is 11.8 Å². The summed E-state index contributed by atoms with van der Waals surface area (Å²) in [5, 5.41) is 0.585. The highest BCUT2D eigenvalue weighted by Gasteiger charge is 2.75. The lowest BCUT2D eigenvalue weighted by Gasteiger charge is -2.67. The van der Waals surface area contributed by atoms with Crippen molar-refractivity contribution in [3.63, 3.8) is 0 Å². The molecule has 135 valence electrons. The summed E-state index contributed by atoms with van der Waals surface area (Å²) in [7, 11) is 5.70. The number of fused-ring (bicyclic) bond motifs is 1. The fraction of sp³-hybridized carbons (Fsp3) is 0.739. The Bertz CT molecular complexity index is 627. The van der Waals surface area contributed by atoms with Crippen molar-refractivity contribution >= 4 is 15.1 Å². The molecule has 3 radical (unpaired) electrons. The van der Waals surface area contributed by atoms with Crippen LogP contribution in [0.3, 0.4) is 0 Å². The topological polar surface area (TPSA) is 0 Å². The van der Waals surface area contributed by atoms with E-state index in [0.717, 1.165) is 11.8 Å². The standard InChI is InChI=1S/C23H35BP/c1-21(2,3)25(22(4,5)24)16-17-10-6-7-15-20(17)23(25)18-11-8-12-19(23)14-9-13-18/h6-7,10,15,18-19H,8-9,11-14,16H2,1-5H3. The first-order valence-electron chi connectivity index (χ1n) is 10.4. The first-order valence-corrected chi connectivity index (χ1v) is 12.4. The summed E-state index contributed by atoms with van der Waals surface area (Å²) in [5.74, 6) is 1.72. The first-order chi connectivity index (χ1) is 11.7. The quantitative estimate of drug-likeness (QED) is 0.388. The van der Waals surface area contributed by atoms with Crippen LogP contribution in [0.25, 0.3) is 0 Å². The van der Waals surface area contributed by atoms with E-state index < -0.39 is 7.26 Å². The molecule has 1 aromatic carbocycles. The molecule has 2 heteroatoms. The Labute approximate surface area is 157 Å². The van der Waals surface area contributed by atoms with Gasteiger partial charge in [-0.05, 0) is 59.3 Å². The van der Waals surface area contributed by atoms with Gasteiger partial charge in [-0.3, -0.25) is 0 Å². The van der Waals surface area contributed by atoms with E-state index in [4.69, 9.17) is 7.85 Å². The van der Waals surface area contributed by atoms with Crippen LogP contribution in [0.15, 0.2) is 24.3 Å². The minimum Gasteiger partial charge on any atom is -0.562 e. The van der Waals surface area contributed by atoms with Crippen LogP contribution in [-0.4, -0.2) is 18.1 Å². The number of benzene rings is 1. The SMILES string of the molecule is [B-]C(C)(C)[P+]1(C(C)(C)C)Cc2ccccc2C12C1CCCC2CCC1. The molecule has 1 heterocycles. The highest BCUT2D eigenvalue weighted by molar-refractivity contribution is 7.80. The minimum atomic E-state index is -1.50. The van der Waals surface area contributed by atoms with Crippen molar-refractivity contribution < 1.29 is 0 Å². The average molecular weight is 353 g/mol. The Morgan fingerprint density at radius 1 is 0.920 bits per heavy atom. The molecule has 0 N–H and O–H groups in total. The Morgan fingerprint density at radius 3 is 1.92 bits per heavy atom. The second-order valence-electron chi connectivity index (χ2n) is 10.5. The van der Waals surface area contributed by atoms with Gasteiger partial charge in [0.15, 0.2) is 0 Å². The predicted octanol–water partition coefficient (Wildman–Crippen LogP) is 6.72. The van der Waals surface area contributed by atoms with Crippen LogP contribution in [0.5, 0.6) is 0 Å². The molecule has 25 heavy (non-hydrogen) atoms. The van der Waals surface area contributed by atoms with Crippen LogP contribution in [-0.2, 0) is 11.3 Å². The molecule has 4 rings (SSSR count). The van der Waals surface area contributed by atoms with Crippen LogP contribution in [0.4, 0.5) is 0 Å². The van der Waals surface area contributed by atoms with Crippen LogP contribution >= 0.6 is 7.26 Å². The van der Waals surface area contributed by atoms with Gasteiger partial charge >= 0.3 is 0 Å². The molecule has 0 amide bonds. The minimum absolute atomic E-state index is 0.0878. The molecular weight excluding hydrogens is 318 g/mol. The molecule has 0 nitrogen and oxygen atoms in total. The van der Waals surface area contributed by atoms with E-state index in [1.807, 2.05) is 0 Å². The van der Waals surface area contributed by atoms with Crippen molar-refractivity contribution in [2.45, 2.75) is 94.7 Å². The summed E-state index contributed by atoms with van der Waals surface area (Å²) in [6.07, 6.45) is 9.86. The van der Waals surface area contributed by atoms with E-state index >= 15 is 0 Å². The molecule has 3 aliphatic rings. The Balaban J connectivity index is 2.09. The summed E-state index contributed by atoms with van der Waals surface area (Å²) < 4.78 is 0. The van der Waals surface area contributed by atoms with Crippen molar-refractivity contribution in [2.75, 3.05) is 0 Å². The van der Waals surface area contributed by atoms with Gasteiger partial charge in [0, 0.05) is 17.4 Å². The summed E-state index contributed by atoms with van der Waals surface area (Å²) >= 11 is 0. The van der Waals surface area contributed by atoms with Crippen molar-refractivity contribution in [1.29, 1.82) is 0 Å². The molecule has 1 unspecified atom stereocenters. The normalized spacial score (nSPS) is 38.0. The van der Waals surface area contributed by atoms with E-state index in [1.54, 1.807) is 11.1 Å². The fourth-order valence-electron chi connectivity index (χ4n) is 7.76. The van der Waals surface area contributed by atoms with Gasteiger partial charge in [0.2, 0.25) is 0 Å². The molecule has 1 spiro atoms. The van der Waals surface area contributed by atoms with E-state index in [9.17, 15) is 0 Å². The Hall–Kier alpha value is -0.285. The second kappa shape index (κ2) is 5.61. The molecule has 2 bridgehead atoms. The largest absolute Gasteiger partial charge is 0.562 e. The molecule has 1 aromatic rings. The zero-order valence-electron chi connectivity index (χ0n) is 16.9. The van der Waals surface area contributed by atoms with Crippen LogP contribution in [0.1, 0.15) is 84.3 Å². The number of hydrogen-bond acceptors (Lipinski definition) is 0. The van der Waals surface area contributed by atoms with Crippen molar-refractivity contribution in [3.05, 3.63) is 35.4 Å². The van der Waals surface area contributed by atoms with Crippen molar-refractivity contribution in [1.82, 2.24) is 0 Å². The van der Waals surface area contributed by atoms with Crippen LogP contribution in [0, 0.1) is 11.8 Å². The van der Waals surface area contributed by atoms with E-state index in [1.165, 1.54) is 44.7 Å². The molecule has 0 aromatic heterocycles. The molecule has 1 atom stereocenters. The maximum Gasteiger partial charge on any atom is 0.108 e. The zero-order chi connectivity index (χ0) is 18.1. The fourth-order valence-corrected chi connectivity index (χ4v) is 15.9. The first kappa shape index (κ1) is 18.1. The van der Waals surface area contributed by atoms with Crippen LogP contribution < -0.4 is 0 Å². The summed E-state index contributed by atoms with van der Waals surface area (Å²) in [5.41, 5.74) is 3.37. The second-order valence-corrected chi connectivity index (χ2v) is 15.7. The maximum atomic E-state index is 7.20. The van der Waals surface area contributed by atoms with Gasteiger partial charge in [0.05, 0.1) is 11.3 Å². The average Bonchev–Trinajstić information content (AvgIpc) is 2.79. The third kappa shape index (κ3) is 2.11. The molecule has 0 saturated heterocycles. The van der Waals surface area contributed by atoms with Gasteiger partial charge < -0.3 is 7.85 Å². The maximum absolute atomic E-state index is 7.20. The molecule has 2 aliphatic carbocycles.